The van der Waals surface area contributed by atoms with Gasteiger partial charge in [-0.25, -0.2) is 4.98 Å². The summed E-state index contributed by atoms with van der Waals surface area (Å²) in [6, 6.07) is 7.91. The highest BCUT2D eigenvalue weighted by molar-refractivity contribution is 6.08. The molecule has 0 spiro atoms. The Labute approximate surface area is 150 Å². The fourth-order valence-corrected chi connectivity index (χ4v) is 3.11. The number of pyridine rings is 1. The summed E-state index contributed by atoms with van der Waals surface area (Å²) >= 11 is 0. The average Bonchev–Trinajstić information content (AvgIpc) is 3.30. The van der Waals surface area contributed by atoms with Gasteiger partial charge in [0, 0.05) is 36.3 Å². The fraction of sp³-hybridized carbons (Fsp3) is 0.278. The summed E-state index contributed by atoms with van der Waals surface area (Å²) in [5.41, 5.74) is 9.70. The highest BCUT2D eigenvalue weighted by Gasteiger charge is 2.13. The van der Waals surface area contributed by atoms with Gasteiger partial charge >= 0.3 is 0 Å². The molecular formula is C18H21N7O. The summed E-state index contributed by atoms with van der Waals surface area (Å²) in [5.74, 6) is 0.452. The number of aryl methyl sites for hydroxylation is 1. The molecule has 3 aromatic heterocycles. The Morgan fingerprint density at radius 1 is 1.31 bits per heavy atom. The number of fused-ring (bicyclic) bond motifs is 3. The van der Waals surface area contributed by atoms with Gasteiger partial charge in [0.25, 0.3) is 0 Å². The van der Waals surface area contributed by atoms with E-state index in [1.165, 1.54) is 0 Å². The largest absolute Gasteiger partial charge is 0.383 e. The van der Waals surface area contributed by atoms with Crippen LogP contribution in [0.1, 0.15) is 13.3 Å². The molecule has 0 saturated carbocycles. The van der Waals surface area contributed by atoms with Gasteiger partial charge < -0.3 is 10.8 Å². The number of rotatable bonds is 6. The molecule has 0 saturated heterocycles. The summed E-state index contributed by atoms with van der Waals surface area (Å²) in [4.78, 5) is 4.54. The van der Waals surface area contributed by atoms with Crippen LogP contribution in [0.3, 0.4) is 0 Å². The Kier molecular flexibility index (Phi) is 4.27. The number of nitrogen functional groups attached to an aromatic ring is 1. The van der Waals surface area contributed by atoms with Crippen molar-refractivity contribution in [3.05, 3.63) is 36.7 Å². The van der Waals surface area contributed by atoms with Crippen LogP contribution in [0, 0.1) is 0 Å². The molecule has 0 amide bonds. The van der Waals surface area contributed by atoms with Gasteiger partial charge in [-0.05, 0) is 24.7 Å². The minimum atomic E-state index is -0.545. The number of nitrogens with two attached hydrogens (primary N) is 1. The highest BCUT2D eigenvalue weighted by atomic mass is 16.3. The van der Waals surface area contributed by atoms with Crippen molar-refractivity contribution >= 4 is 27.6 Å². The van der Waals surface area contributed by atoms with Crippen molar-refractivity contribution in [2.45, 2.75) is 26.1 Å². The Morgan fingerprint density at radius 3 is 2.96 bits per heavy atom. The van der Waals surface area contributed by atoms with Crippen molar-refractivity contribution in [1.29, 1.82) is 0 Å². The summed E-state index contributed by atoms with van der Waals surface area (Å²) in [6.45, 7) is 3.28. The summed E-state index contributed by atoms with van der Waals surface area (Å²) < 4.78 is 1.81. The molecule has 5 N–H and O–H groups in total. The molecule has 3 heterocycles. The molecule has 4 rings (SSSR count). The zero-order valence-electron chi connectivity index (χ0n) is 14.5. The average molecular weight is 351 g/mol. The van der Waals surface area contributed by atoms with Crippen LogP contribution in [0.4, 0.5) is 5.82 Å². The van der Waals surface area contributed by atoms with Crippen molar-refractivity contribution in [3.8, 4) is 11.3 Å². The number of benzene rings is 1. The van der Waals surface area contributed by atoms with Crippen molar-refractivity contribution in [1.82, 2.24) is 30.3 Å². The van der Waals surface area contributed by atoms with E-state index in [1.807, 2.05) is 42.1 Å². The molecule has 134 valence electrons. The molecule has 4 aromatic rings. The van der Waals surface area contributed by atoms with Gasteiger partial charge in [-0.15, -0.1) is 0 Å². The topological polar surface area (TPSA) is 118 Å². The molecule has 0 bridgehead atoms. The maximum absolute atomic E-state index is 9.84. The molecule has 1 atom stereocenters. The number of hydrogen-bond acceptors (Lipinski definition) is 6. The monoisotopic (exact) mass is 351 g/mol. The van der Waals surface area contributed by atoms with Crippen LogP contribution in [0.25, 0.3) is 33.1 Å². The number of aromatic amines is 1. The zero-order chi connectivity index (χ0) is 18.1. The molecule has 0 fully saturated rings. The number of hydrogen-bond donors (Lipinski definition) is 4. The molecule has 26 heavy (non-hydrogen) atoms. The van der Waals surface area contributed by atoms with Gasteiger partial charge in [0.1, 0.15) is 17.6 Å². The lowest BCUT2D eigenvalue weighted by Gasteiger charge is -2.10. The predicted molar refractivity (Wildman–Crippen MR) is 101 cm³/mol. The quantitative estimate of drug-likeness (QED) is 0.394. The lowest BCUT2D eigenvalue weighted by atomic mass is 10.1. The summed E-state index contributed by atoms with van der Waals surface area (Å²) in [6.07, 6.45) is 3.63. The van der Waals surface area contributed by atoms with Crippen molar-refractivity contribution in [2.75, 3.05) is 12.3 Å². The first-order chi connectivity index (χ1) is 12.7. The van der Waals surface area contributed by atoms with Gasteiger partial charge in [0.15, 0.2) is 0 Å². The SMILES string of the molecule is CCNC(O)CCn1cc2c(N)nc3cc(-c4ccn[nH]4)ccc3c2n1. The highest BCUT2D eigenvalue weighted by Crippen LogP contribution is 2.29. The van der Waals surface area contributed by atoms with Gasteiger partial charge in [-0.1, -0.05) is 13.0 Å². The number of nitrogens with one attached hydrogen (secondary N) is 2. The molecule has 8 nitrogen and oxygen atoms in total. The van der Waals surface area contributed by atoms with Crippen molar-refractivity contribution in [2.24, 2.45) is 0 Å². The van der Waals surface area contributed by atoms with Crippen LogP contribution in [-0.2, 0) is 6.54 Å². The van der Waals surface area contributed by atoms with E-state index in [1.54, 1.807) is 6.20 Å². The van der Waals surface area contributed by atoms with Crippen LogP contribution in [0.15, 0.2) is 36.7 Å². The van der Waals surface area contributed by atoms with E-state index >= 15 is 0 Å². The van der Waals surface area contributed by atoms with E-state index < -0.39 is 6.23 Å². The minimum absolute atomic E-state index is 0.452. The first kappa shape index (κ1) is 16.5. The summed E-state index contributed by atoms with van der Waals surface area (Å²) in [7, 11) is 0. The van der Waals surface area contributed by atoms with Crippen molar-refractivity contribution in [3.63, 3.8) is 0 Å². The third-order valence-corrected chi connectivity index (χ3v) is 4.41. The Balaban J connectivity index is 1.72. The number of nitrogens with zero attached hydrogens (tertiary/aromatic N) is 4. The molecule has 1 unspecified atom stereocenters. The van der Waals surface area contributed by atoms with E-state index in [2.05, 4.69) is 25.6 Å². The van der Waals surface area contributed by atoms with E-state index in [0.717, 1.165) is 39.6 Å². The molecule has 0 aliphatic rings. The van der Waals surface area contributed by atoms with Gasteiger partial charge in [-0.3, -0.25) is 15.1 Å². The second kappa shape index (κ2) is 6.74. The number of H-pyrrole nitrogens is 1. The van der Waals surface area contributed by atoms with Crippen molar-refractivity contribution < 1.29 is 5.11 Å². The number of aromatic nitrogens is 5. The van der Waals surface area contributed by atoms with Gasteiger partial charge in [-0.2, -0.15) is 10.2 Å². The van der Waals surface area contributed by atoms with Crippen LogP contribution in [0.5, 0.6) is 0 Å². The van der Waals surface area contributed by atoms with Gasteiger partial charge in [0.2, 0.25) is 0 Å². The van der Waals surface area contributed by atoms with Crippen LogP contribution < -0.4 is 11.1 Å². The van der Waals surface area contributed by atoms with E-state index in [-0.39, 0.29) is 0 Å². The van der Waals surface area contributed by atoms with Crippen LogP contribution in [-0.4, -0.2) is 42.8 Å². The third kappa shape index (κ3) is 3.00. The first-order valence-corrected chi connectivity index (χ1v) is 8.63. The molecule has 1 aromatic carbocycles. The lowest BCUT2D eigenvalue weighted by molar-refractivity contribution is 0.123. The zero-order valence-corrected chi connectivity index (χ0v) is 14.5. The molecule has 0 aliphatic carbocycles. The molecule has 8 heteroatoms. The summed E-state index contributed by atoms with van der Waals surface area (Å²) in [5, 5.41) is 26.2. The second-order valence-electron chi connectivity index (χ2n) is 6.22. The first-order valence-electron chi connectivity index (χ1n) is 8.63. The van der Waals surface area contributed by atoms with Crippen LogP contribution >= 0.6 is 0 Å². The van der Waals surface area contributed by atoms with E-state index in [0.29, 0.717) is 18.8 Å². The Hall–Kier alpha value is -2.97. The second-order valence-corrected chi connectivity index (χ2v) is 6.22. The lowest BCUT2D eigenvalue weighted by Crippen LogP contribution is -2.29. The van der Waals surface area contributed by atoms with E-state index in [4.69, 9.17) is 5.73 Å². The Bertz CT molecular complexity index is 1040. The van der Waals surface area contributed by atoms with Gasteiger partial charge in [0.05, 0.1) is 16.6 Å². The van der Waals surface area contributed by atoms with Crippen LogP contribution in [0.2, 0.25) is 0 Å². The molecule has 0 aliphatic heterocycles. The number of anilines is 1. The normalized spacial score (nSPS) is 12.8. The smallest absolute Gasteiger partial charge is 0.135 e. The molecular weight excluding hydrogens is 330 g/mol. The fourth-order valence-electron chi connectivity index (χ4n) is 3.11. The van der Waals surface area contributed by atoms with E-state index in [9.17, 15) is 5.11 Å². The molecule has 0 radical (unpaired) electrons. The standard InChI is InChI=1S/C18H21N7O/c1-2-20-16(26)6-8-25-10-13-17(24-25)12-4-3-11(14-5-7-21-23-14)9-15(12)22-18(13)19/h3-5,7,9-10,16,20,26H,2,6,8H2,1H3,(H2,19,22)(H,21,23). The maximum atomic E-state index is 9.84. The third-order valence-electron chi connectivity index (χ3n) is 4.41. The Morgan fingerprint density at radius 2 is 2.19 bits per heavy atom. The minimum Gasteiger partial charge on any atom is -0.383 e. The number of aliphatic hydroxyl groups excluding tert-OH is 1. The number of aliphatic hydroxyl groups is 1. The predicted octanol–water partition coefficient (Wildman–Crippen LogP) is 1.87. The maximum Gasteiger partial charge on any atom is 0.135 e.